The molecule has 4 heterocycles. The van der Waals surface area contributed by atoms with Crippen molar-refractivity contribution in [1.29, 1.82) is 0 Å². The number of nitrogens with zero attached hydrogens (tertiary/aromatic N) is 6. The molecule has 0 radical (unpaired) electrons. The molecule has 0 aliphatic heterocycles. The number of hydrogen-bond acceptors (Lipinski definition) is 7. The summed E-state index contributed by atoms with van der Waals surface area (Å²) >= 11 is 1.28. The van der Waals surface area contributed by atoms with Gasteiger partial charge < -0.3 is 5.32 Å². The SMILES string of the molecule is Cc1ccc(Nc2nn3c(=O)c4sc5nccnc5c4nc3n2-c2ccccc2)cc1. The number of hydrogen-bond donors (Lipinski definition) is 1. The topological polar surface area (TPSA) is 90.0 Å². The van der Waals surface area contributed by atoms with Gasteiger partial charge in [0.25, 0.3) is 5.56 Å². The number of para-hydroxylation sites is 1. The Labute approximate surface area is 179 Å². The number of anilines is 2. The maximum Gasteiger partial charge on any atom is 0.293 e. The first-order valence-electron chi connectivity index (χ1n) is 9.63. The van der Waals surface area contributed by atoms with Gasteiger partial charge in [-0.2, -0.15) is 4.52 Å². The molecule has 1 N–H and O–H groups in total. The third-order valence-corrected chi connectivity index (χ3v) is 6.08. The molecule has 150 valence electrons. The first-order chi connectivity index (χ1) is 15.2. The van der Waals surface area contributed by atoms with Crippen LogP contribution in [-0.4, -0.2) is 29.1 Å². The highest BCUT2D eigenvalue weighted by Crippen LogP contribution is 2.29. The minimum Gasteiger partial charge on any atom is -0.324 e. The van der Waals surface area contributed by atoms with Crippen LogP contribution >= 0.6 is 11.3 Å². The van der Waals surface area contributed by atoms with Gasteiger partial charge in [-0.25, -0.2) is 19.5 Å². The van der Waals surface area contributed by atoms with Crippen LogP contribution in [0.25, 0.3) is 32.0 Å². The van der Waals surface area contributed by atoms with Crippen LogP contribution in [0.1, 0.15) is 5.56 Å². The third kappa shape index (κ3) is 2.78. The Morgan fingerprint density at radius 1 is 0.935 bits per heavy atom. The van der Waals surface area contributed by atoms with Crippen LogP contribution in [-0.2, 0) is 0 Å². The van der Waals surface area contributed by atoms with Crippen molar-refractivity contribution in [3.05, 3.63) is 82.9 Å². The quantitative estimate of drug-likeness (QED) is 0.459. The fourth-order valence-corrected chi connectivity index (χ4v) is 4.49. The van der Waals surface area contributed by atoms with Gasteiger partial charge in [0.15, 0.2) is 0 Å². The summed E-state index contributed by atoms with van der Waals surface area (Å²) < 4.78 is 3.65. The fourth-order valence-electron chi connectivity index (χ4n) is 3.53. The van der Waals surface area contributed by atoms with Crippen LogP contribution in [0.4, 0.5) is 11.6 Å². The molecule has 8 nitrogen and oxygen atoms in total. The molecule has 9 heteroatoms. The van der Waals surface area contributed by atoms with Gasteiger partial charge in [-0.05, 0) is 31.2 Å². The summed E-state index contributed by atoms with van der Waals surface area (Å²) in [4.78, 5) is 27.5. The van der Waals surface area contributed by atoms with Gasteiger partial charge >= 0.3 is 0 Å². The number of fused-ring (bicyclic) bond motifs is 4. The molecule has 0 atom stereocenters. The van der Waals surface area contributed by atoms with Gasteiger partial charge in [-0.3, -0.25) is 4.79 Å². The number of aromatic nitrogens is 6. The molecule has 0 bridgehead atoms. The summed E-state index contributed by atoms with van der Waals surface area (Å²) in [5, 5.41) is 7.91. The zero-order chi connectivity index (χ0) is 20.9. The van der Waals surface area contributed by atoms with E-state index in [9.17, 15) is 4.79 Å². The zero-order valence-corrected chi connectivity index (χ0v) is 17.2. The lowest BCUT2D eigenvalue weighted by molar-refractivity contribution is 0.920. The van der Waals surface area contributed by atoms with E-state index in [0.717, 1.165) is 16.9 Å². The largest absolute Gasteiger partial charge is 0.324 e. The van der Waals surface area contributed by atoms with E-state index in [4.69, 9.17) is 4.98 Å². The molecule has 0 saturated carbocycles. The van der Waals surface area contributed by atoms with E-state index in [2.05, 4.69) is 20.4 Å². The average molecular weight is 425 g/mol. The van der Waals surface area contributed by atoms with E-state index in [1.807, 2.05) is 66.1 Å². The molecule has 6 aromatic rings. The van der Waals surface area contributed by atoms with Gasteiger partial charge in [0, 0.05) is 18.1 Å². The van der Waals surface area contributed by atoms with Crippen LogP contribution < -0.4 is 10.9 Å². The van der Waals surface area contributed by atoms with E-state index in [-0.39, 0.29) is 5.56 Å². The highest BCUT2D eigenvalue weighted by atomic mass is 32.1. The molecule has 0 fully saturated rings. The number of benzene rings is 2. The van der Waals surface area contributed by atoms with Gasteiger partial charge in [0.1, 0.15) is 20.6 Å². The normalized spacial score (nSPS) is 11.5. The molecule has 0 aliphatic carbocycles. The molecule has 4 aromatic heterocycles. The molecule has 31 heavy (non-hydrogen) atoms. The van der Waals surface area contributed by atoms with E-state index < -0.39 is 0 Å². The molecule has 0 amide bonds. The van der Waals surface area contributed by atoms with Crippen molar-refractivity contribution in [2.24, 2.45) is 0 Å². The van der Waals surface area contributed by atoms with Crippen molar-refractivity contribution in [1.82, 2.24) is 29.1 Å². The van der Waals surface area contributed by atoms with Crippen molar-refractivity contribution in [3.8, 4) is 5.69 Å². The predicted molar refractivity (Wildman–Crippen MR) is 122 cm³/mol. The van der Waals surface area contributed by atoms with Crippen LogP contribution in [0.3, 0.4) is 0 Å². The van der Waals surface area contributed by atoms with Gasteiger partial charge in [0.05, 0.1) is 5.69 Å². The summed E-state index contributed by atoms with van der Waals surface area (Å²) in [7, 11) is 0. The van der Waals surface area contributed by atoms with Crippen LogP contribution in [0.5, 0.6) is 0 Å². The van der Waals surface area contributed by atoms with Crippen molar-refractivity contribution in [2.75, 3.05) is 5.32 Å². The van der Waals surface area contributed by atoms with Crippen molar-refractivity contribution in [3.63, 3.8) is 0 Å². The molecule has 6 rings (SSSR count). The average Bonchev–Trinajstić information content (AvgIpc) is 3.35. The van der Waals surface area contributed by atoms with Crippen molar-refractivity contribution < 1.29 is 0 Å². The molecule has 0 unspecified atom stereocenters. The van der Waals surface area contributed by atoms with Crippen LogP contribution in [0.2, 0.25) is 0 Å². The van der Waals surface area contributed by atoms with E-state index in [1.54, 1.807) is 12.4 Å². The second-order valence-corrected chi connectivity index (χ2v) is 8.10. The number of nitrogens with one attached hydrogen (secondary N) is 1. The minimum absolute atomic E-state index is 0.244. The Balaban J connectivity index is 1.67. The second-order valence-electron chi connectivity index (χ2n) is 7.10. The maximum atomic E-state index is 13.3. The lowest BCUT2D eigenvalue weighted by Crippen LogP contribution is -2.15. The van der Waals surface area contributed by atoms with Crippen LogP contribution in [0, 0.1) is 6.92 Å². The highest BCUT2D eigenvalue weighted by Gasteiger charge is 2.21. The first-order valence-corrected chi connectivity index (χ1v) is 10.4. The summed E-state index contributed by atoms with van der Waals surface area (Å²) in [6.07, 6.45) is 3.22. The predicted octanol–water partition coefficient (Wildman–Crippen LogP) is 4.09. The third-order valence-electron chi connectivity index (χ3n) is 5.02. The van der Waals surface area contributed by atoms with Gasteiger partial charge in [-0.15, -0.1) is 16.4 Å². The Hall–Kier alpha value is -4.11. The van der Waals surface area contributed by atoms with E-state index >= 15 is 0 Å². The molecular weight excluding hydrogens is 410 g/mol. The summed E-state index contributed by atoms with van der Waals surface area (Å²) in [6.45, 7) is 2.03. The highest BCUT2D eigenvalue weighted by molar-refractivity contribution is 7.25. The molecule has 0 spiro atoms. The molecule has 0 saturated heterocycles. The second kappa shape index (κ2) is 6.71. The summed E-state index contributed by atoms with van der Waals surface area (Å²) in [5.41, 5.74) is 3.78. The lowest BCUT2D eigenvalue weighted by atomic mass is 10.2. The zero-order valence-electron chi connectivity index (χ0n) is 16.4. The molecular formula is C22H15N7OS. The Kier molecular flexibility index (Phi) is 3.84. The Morgan fingerprint density at radius 2 is 1.71 bits per heavy atom. The number of thiophene rings is 1. The standard InChI is InChI=1S/C22H15N7OS/c1-13-7-9-14(10-8-13)25-21-27-29-20(30)18-16(17-19(31-18)24-12-11-23-17)26-22(29)28(21)15-5-3-2-4-6-15/h2-12H,1H3,(H,25,27). The summed E-state index contributed by atoms with van der Waals surface area (Å²) in [6, 6.07) is 17.7. The van der Waals surface area contributed by atoms with Gasteiger partial charge in [0.2, 0.25) is 11.7 Å². The number of aryl methyl sites for hydroxylation is 1. The smallest absolute Gasteiger partial charge is 0.293 e. The van der Waals surface area contributed by atoms with Crippen LogP contribution in [0.15, 0.2) is 71.8 Å². The number of rotatable bonds is 3. The van der Waals surface area contributed by atoms with Crippen molar-refractivity contribution in [2.45, 2.75) is 6.92 Å². The lowest BCUT2D eigenvalue weighted by Gasteiger charge is -2.09. The van der Waals surface area contributed by atoms with Crippen molar-refractivity contribution >= 4 is 49.3 Å². The summed E-state index contributed by atoms with van der Waals surface area (Å²) in [5.74, 6) is 0.899. The molecule has 0 aliphatic rings. The van der Waals surface area contributed by atoms with E-state index in [0.29, 0.717) is 32.3 Å². The maximum absolute atomic E-state index is 13.3. The Bertz CT molecular complexity index is 1630. The van der Waals surface area contributed by atoms with E-state index in [1.165, 1.54) is 15.9 Å². The fraction of sp³-hybridized carbons (Fsp3) is 0.0455. The Morgan fingerprint density at radius 3 is 2.52 bits per heavy atom. The minimum atomic E-state index is -0.244. The monoisotopic (exact) mass is 425 g/mol. The molecule has 2 aromatic carbocycles. The van der Waals surface area contributed by atoms with Gasteiger partial charge in [-0.1, -0.05) is 35.9 Å². The first kappa shape index (κ1) is 17.7.